The van der Waals surface area contributed by atoms with E-state index < -0.39 is 35.1 Å². The van der Waals surface area contributed by atoms with Crippen LogP contribution in [0, 0.1) is 27.7 Å². The molecule has 0 spiro atoms. The standard InChI is InChI=1S/C37H30N4O9.Ni/c1-19-16-20(2)24(21(3)17-19)18-49-37(47)28-22(4)31(36(46)40(5)33(28)43)39-38-25-13-14-26(50-27-12-9-15-48-27)30-29(25)34(44)41(35(30)45)32(42)23-10-7-6-8-11-23;/h6-17,46H,18H2,1-5H3;/q;+2. The van der Waals surface area contributed by atoms with Crippen molar-refractivity contribution in [3.63, 3.8) is 0 Å². The SMILES string of the molecule is Cc1cc(C)c(COC(=O)c2c(C)c(N=Nc3ccc(Oc4ccco4)c4c3C(=O)N(C(=O)c3ccccc3)C4=O)c(O)n(C)c2=O)c(C)c1.[Ni+2]. The zero-order valence-electron chi connectivity index (χ0n) is 28.0. The number of carbonyl (C=O) groups is 4. The fourth-order valence-electron chi connectivity index (χ4n) is 5.79. The first-order chi connectivity index (χ1) is 23.9. The fraction of sp³-hybridized carbons (Fsp3) is 0.162. The number of carbonyl (C=O) groups excluding carboxylic acids is 4. The number of benzene rings is 3. The van der Waals surface area contributed by atoms with Crippen LogP contribution in [-0.2, 0) is 34.9 Å². The molecule has 1 N–H and O–H groups in total. The number of esters is 1. The van der Waals surface area contributed by atoms with Crippen molar-refractivity contribution in [1.29, 1.82) is 0 Å². The molecule has 0 atom stereocenters. The van der Waals surface area contributed by atoms with Crippen LogP contribution in [0.5, 0.6) is 17.6 Å². The molecule has 260 valence electrons. The van der Waals surface area contributed by atoms with Crippen LogP contribution in [0.3, 0.4) is 0 Å². The van der Waals surface area contributed by atoms with E-state index in [9.17, 15) is 29.1 Å². The van der Waals surface area contributed by atoms with Gasteiger partial charge in [-0.3, -0.25) is 23.7 Å². The Bertz CT molecular complexity index is 2290. The summed E-state index contributed by atoms with van der Waals surface area (Å²) in [6.07, 6.45) is 1.35. The molecule has 0 unspecified atom stereocenters. The van der Waals surface area contributed by atoms with Gasteiger partial charge in [0.1, 0.15) is 23.6 Å². The molecule has 0 fully saturated rings. The molecule has 2 aromatic heterocycles. The number of nitrogens with zero attached hydrogens (tertiary/aromatic N) is 4. The predicted octanol–water partition coefficient (Wildman–Crippen LogP) is 6.92. The van der Waals surface area contributed by atoms with Crippen LogP contribution >= 0.6 is 0 Å². The Balaban J connectivity index is 0.00000504. The van der Waals surface area contributed by atoms with Gasteiger partial charge >= 0.3 is 22.5 Å². The second-order valence-electron chi connectivity index (χ2n) is 11.7. The number of amides is 3. The number of aromatic nitrogens is 1. The fourth-order valence-corrected chi connectivity index (χ4v) is 5.79. The molecule has 14 heteroatoms. The van der Waals surface area contributed by atoms with Crippen LogP contribution in [0.4, 0.5) is 11.4 Å². The summed E-state index contributed by atoms with van der Waals surface area (Å²) in [5.74, 6) is -4.42. The Morgan fingerprint density at radius 2 is 1.53 bits per heavy atom. The van der Waals surface area contributed by atoms with E-state index in [-0.39, 0.29) is 74.0 Å². The Kier molecular flexibility index (Phi) is 10.2. The maximum Gasteiger partial charge on any atom is 2.00 e. The summed E-state index contributed by atoms with van der Waals surface area (Å²) in [4.78, 5) is 67.8. The minimum Gasteiger partial charge on any atom is -0.493 e. The second kappa shape index (κ2) is 14.4. The number of hydrogen-bond donors (Lipinski definition) is 1. The first-order valence-electron chi connectivity index (χ1n) is 15.3. The molecule has 0 aliphatic carbocycles. The largest absolute Gasteiger partial charge is 2.00 e. The number of fused-ring (bicyclic) bond motifs is 1. The molecule has 1 aliphatic rings. The van der Waals surface area contributed by atoms with Crippen LogP contribution in [-0.4, -0.2) is 38.3 Å². The molecule has 6 rings (SSSR count). The number of pyridine rings is 1. The van der Waals surface area contributed by atoms with Crippen LogP contribution < -0.4 is 10.3 Å². The van der Waals surface area contributed by atoms with Crippen LogP contribution in [0.15, 0.2) is 92.4 Å². The Morgan fingerprint density at radius 3 is 2.18 bits per heavy atom. The molecular formula is C37H30N4NiO9+2. The van der Waals surface area contributed by atoms with Gasteiger partial charge < -0.3 is 19.0 Å². The molecule has 3 aromatic carbocycles. The van der Waals surface area contributed by atoms with Crippen molar-refractivity contribution in [2.45, 2.75) is 34.3 Å². The molecule has 3 amide bonds. The minimum absolute atomic E-state index is 0. The van der Waals surface area contributed by atoms with Crippen molar-refractivity contribution in [3.8, 4) is 17.6 Å². The maximum atomic E-state index is 13.8. The molecule has 1 aliphatic heterocycles. The topological polar surface area (TPSA) is 170 Å². The normalized spacial score (nSPS) is 12.2. The molecular weight excluding hydrogens is 703 g/mol. The summed E-state index contributed by atoms with van der Waals surface area (Å²) in [6, 6.07) is 17.4. The van der Waals surface area contributed by atoms with Gasteiger partial charge in [0.2, 0.25) is 5.88 Å². The van der Waals surface area contributed by atoms with Crippen molar-refractivity contribution >= 4 is 35.1 Å². The van der Waals surface area contributed by atoms with E-state index >= 15 is 0 Å². The van der Waals surface area contributed by atoms with E-state index in [1.54, 1.807) is 24.3 Å². The van der Waals surface area contributed by atoms with Gasteiger partial charge in [-0.25, -0.2) is 9.69 Å². The third kappa shape index (κ3) is 6.61. The number of azo groups is 1. The van der Waals surface area contributed by atoms with E-state index in [2.05, 4.69) is 10.2 Å². The maximum absolute atomic E-state index is 13.8. The molecule has 5 aromatic rings. The molecule has 3 heterocycles. The van der Waals surface area contributed by atoms with Gasteiger partial charge in [0, 0.05) is 24.2 Å². The molecule has 51 heavy (non-hydrogen) atoms. The van der Waals surface area contributed by atoms with Crippen LogP contribution in [0.2, 0.25) is 0 Å². The van der Waals surface area contributed by atoms with Gasteiger partial charge in [-0.1, -0.05) is 35.9 Å². The number of ether oxygens (including phenoxy) is 2. The van der Waals surface area contributed by atoms with Gasteiger partial charge in [0.15, 0.2) is 0 Å². The summed E-state index contributed by atoms with van der Waals surface area (Å²) in [5, 5.41) is 19.2. The number of imide groups is 3. The Morgan fingerprint density at radius 1 is 0.863 bits per heavy atom. The van der Waals surface area contributed by atoms with Crippen molar-refractivity contribution < 1.29 is 54.7 Å². The molecule has 0 radical (unpaired) electrons. The third-order valence-corrected chi connectivity index (χ3v) is 8.34. The van der Waals surface area contributed by atoms with Gasteiger partial charge in [-0.15, -0.1) is 10.2 Å². The number of hydrogen-bond acceptors (Lipinski definition) is 11. The summed E-state index contributed by atoms with van der Waals surface area (Å²) in [6.45, 7) is 7.06. The van der Waals surface area contributed by atoms with Crippen LogP contribution in [0.25, 0.3) is 0 Å². The van der Waals surface area contributed by atoms with Gasteiger partial charge in [-0.2, -0.15) is 0 Å². The Labute approximate surface area is 301 Å². The monoisotopic (exact) mass is 732 g/mol. The van der Waals surface area contributed by atoms with Gasteiger partial charge in [-0.05, 0) is 74.7 Å². The average molecular weight is 733 g/mol. The smallest absolute Gasteiger partial charge is 0.493 e. The van der Waals surface area contributed by atoms with Gasteiger partial charge in [0.25, 0.3) is 29.2 Å². The van der Waals surface area contributed by atoms with E-state index in [4.69, 9.17) is 13.9 Å². The first-order valence-corrected chi connectivity index (χ1v) is 15.3. The summed E-state index contributed by atoms with van der Waals surface area (Å²) in [5.41, 5.74) is 1.58. The van der Waals surface area contributed by atoms with Crippen molar-refractivity contribution in [2.75, 3.05) is 0 Å². The quantitative estimate of drug-likeness (QED) is 0.0770. The summed E-state index contributed by atoms with van der Waals surface area (Å²) in [7, 11) is 1.24. The van der Waals surface area contributed by atoms with E-state index in [1.165, 1.54) is 50.6 Å². The number of rotatable bonds is 8. The van der Waals surface area contributed by atoms with E-state index in [0.717, 1.165) is 26.8 Å². The number of aromatic hydroxyl groups is 1. The van der Waals surface area contributed by atoms with Crippen molar-refractivity contribution in [2.24, 2.45) is 17.3 Å². The van der Waals surface area contributed by atoms with E-state index in [1.807, 2.05) is 32.9 Å². The average Bonchev–Trinajstić information content (AvgIpc) is 3.69. The molecule has 0 saturated carbocycles. The second-order valence-corrected chi connectivity index (χ2v) is 11.7. The van der Waals surface area contributed by atoms with Crippen molar-refractivity contribution in [3.05, 3.63) is 133 Å². The molecule has 13 nitrogen and oxygen atoms in total. The summed E-state index contributed by atoms with van der Waals surface area (Å²) < 4.78 is 17.4. The first kappa shape index (κ1) is 36.2. The number of aryl methyl sites for hydroxylation is 3. The molecule has 0 saturated heterocycles. The zero-order chi connectivity index (χ0) is 35.9. The summed E-state index contributed by atoms with van der Waals surface area (Å²) >= 11 is 0. The minimum atomic E-state index is -0.981. The molecule has 0 bridgehead atoms. The van der Waals surface area contributed by atoms with Gasteiger partial charge in [0.05, 0.1) is 23.1 Å². The van der Waals surface area contributed by atoms with E-state index in [0.29, 0.717) is 4.90 Å². The van der Waals surface area contributed by atoms with Crippen molar-refractivity contribution in [1.82, 2.24) is 9.47 Å². The zero-order valence-corrected chi connectivity index (χ0v) is 28.9. The Hall–Kier alpha value is -6.14. The van der Waals surface area contributed by atoms with Crippen LogP contribution in [0.1, 0.15) is 69.2 Å². The predicted molar refractivity (Wildman–Crippen MR) is 179 cm³/mol. The third-order valence-electron chi connectivity index (χ3n) is 8.34. The number of furan rings is 1.